The van der Waals surface area contributed by atoms with E-state index in [9.17, 15) is 9.90 Å². The minimum atomic E-state index is -0.172. The highest BCUT2D eigenvalue weighted by molar-refractivity contribution is 5.84. The average Bonchev–Trinajstić information content (AvgIpc) is 3.23. The van der Waals surface area contributed by atoms with Crippen LogP contribution in [0.3, 0.4) is 0 Å². The molecule has 45 heavy (non-hydrogen) atoms. The third kappa shape index (κ3) is 4.38. The maximum absolute atomic E-state index is 14.7. The second kappa shape index (κ2) is 10.6. The molecule has 4 unspecified atom stereocenters. The molecule has 8 rings (SSSR count). The molecule has 7 saturated carbocycles. The van der Waals surface area contributed by atoms with Gasteiger partial charge >= 0.3 is 0 Å². The maximum Gasteiger partial charge on any atom is 0.226 e. The Bertz CT molecular complexity index is 1210. The van der Waals surface area contributed by atoms with Crippen molar-refractivity contribution in [2.75, 3.05) is 19.6 Å². The summed E-state index contributed by atoms with van der Waals surface area (Å²) in [5, 5.41) is 14.8. The van der Waals surface area contributed by atoms with E-state index in [0.29, 0.717) is 51.9 Å². The summed E-state index contributed by atoms with van der Waals surface area (Å²) in [4.78, 5) is 17.4. The van der Waals surface area contributed by atoms with Crippen LogP contribution in [0.1, 0.15) is 137 Å². The number of aliphatic hydroxyl groups is 1. The fraction of sp³-hybridized carbons (Fsp3) is 0.927. The summed E-state index contributed by atoms with van der Waals surface area (Å²) < 4.78 is 0. The van der Waals surface area contributed by atoms with Crippen LogP contribution >= 0.6 is 0 Å². The van der Waals surface area contributed by atoms with Gasteiger partial charge in [0.1, 0.15) is 0 Å². The van der Waals surface area contributed by atoms with Crippen LogP contribution in [0.5, 0.6) is 0 Å². The first kappa shape index (κ1) is 31.4. The lowest BCUT2D eigenvalue weighted by Crippen LogP contribution is -2.61. The van der Waals surface area contributed by atoms with Crippen LogP contribution < -0.4 is 5.32 Å². The summed E-state index contributed by atoms with van der Waals surface area (Å²) in [6, 6.07) is 0.378. The Morgan fingerprint density at radius 2 is 1.73 bits per heavy atom. The van der Waals surface area contributed by atoms with Crippen molar-refractivity contribution in [2.24, 2.45) is 68.5 Å². The van der Waals surface area contributed by atoms with E-state index in [2.05, 4.69) is 51.4 Å². The number of amides is 1. The van der Waals surface area contributed by atoms with Crippen molar-refractivity contribution in [3.05, 3.63) is 12.2 Å². The quantitative estimate of drug-likeness (QED) is 0.304. The van der Waals surface area contributed by atoms with Crippen LogP contribution in [-0.2, 0) is 4.79 Å². The Morgan fingerprint density at radius 3 is 2.51 bits per heavy atom. The number of carbonyl (C=O) groups excluding carboxylic acids is 1. The highest BCUT2D eigenvalue weighted by atomic mass is 16.3. The molecule has 13 atom stereocenters. The van der Waals surface area contributed by atoms with Gasteiger partial charge in [-0.2, -0.15) is 0 Å². The normalized spacial score (nSPS) is 53.3. The van der Waals surface area contributed by atoms with Crippen LogP contribution in [0.2, 0.25) is 0 Å². The van der Waals surface area contributed by atoms with Crippen molar-refractivity contribution >= 4 is 5.91 Å². The molecule has 7 aliphatic carbocycles. The number of aliphatic hydroxyl groups excluding tert-OH is 1. The van der Waals surface area contributed by atoms with E-state index in [-0.39, 0.29) is 16.9 Å². The molecular formula is C41H66N2O2. The lowest BCUT2D eigenvalue weighted by molar-refractivity contribution is -0.185. The van der Waals surface area contributed by atoms with Gasteiger partial charge in [0.15, 0.2) is 0 Å². The summed E-state index contributed by atoms with van der Waals surface area (Å²) in [6.45, 7) is 20.4. The molecule has 2 spiro atoms. The molecule has 0 radical (unpaired) electrons. The Hall–Kier alpha value is -0.870. The van der Waals surface area contributed by atoms with Gasteiger partial charge in [0.05, 0.1) is 11.5 Å². The number of hydrogen-bond acceptors (Lipinski definition) is 3. The first-order valence-corrected chi connectivity index (χ1v) is 19.7. The third-order valence-electron chi connectivity index (χ3n) is 17.5. The van der Waals surface area contributed by atoms with Gasteiger partial charge in [-0.25, -0.2) is 0 Å². The zero-order valence-corrected chi connectivity index (χ0v) is 29.6. The van der Waals surface area contributed by atoms with Crippen molar-refractivity contribution in [1.29, 1.82) is 0 Å². The van der Waals surface area contributed by atoms with E-state index < -0.39 is 0 Å². The number of piperidine rings is 1. The van der Waals surface area contributed by atoms with E-state index in [1.54, 1.807) is 0 Å². The molecule has 2 N–H and O–H groups in total. The molecule has 1 saturated heterocycles. The SMILES string of the molecule is C=C(C)[C@@H]1CC[C@]2(C(=O)NC3CCC(CN4CCCC(C)C4)C3)CC[C@@]34C[C@]35CC[C@H]3C(C)(C)C(O)CC[C@]3(C)[C@H]5CC[C@@H]4[C@@H]12. The number of nitrogens with zero attached hydrogens (tertiary/aromatic N) is 1. The zero-order chi connectivity index (χ0) is 31.6. The molecule has 252 valence electrons. The maximum atomic E-state index is 14.7. The van der Waals surface area contributed by atoms with Gasteiger partial charge in [-0.1, -0.05) is 39.8 Å². The van der Waals surface area contributed by atoms with Crippen LogP contribution in [0.4, 0.5) is 0 Å². The lowest BCUT2D eigenvalue weighted by Gasteiger charge is -2.65. The van der Waals surface area contributed by atoms with Gasteiger partial charge in [0.2, 0.25) is 5.91 Å². The van der Waals surface area contributed by atoms with Gasteiger partial charge in [0.25, 0.3) is 0 Å². The topological polar surface area (TPSA) is 52.6 Å². The van der Waals surface area contributed by atoms with Gasteiger partial charge in [-0.05, 0) is 179 Å². The largest absolute Gasteiger partial charge is 0.393 e. The summed E-state index contributed by atoms with van der Waals surface area (Å²) >= 11 is 0. The fourth-order valence-electron chi connectivity index (χ4n) is 15.5. The van der Waals surface area contributed by atoms with Crippen LogP contribution in [0.15, 0.2) is 12.2 Å². The standard InChI is InChI=1S/C41H66N2O2/c1-26(2)30-13-17-39(36(45)42-29-10-9-28(22-29)24-43-21-7-8-27(3)23-43)19-20-40-25-41(40)18-14-32-37(4,5)34(44)15-16-38(32,6)33(41)12-11-31(40)35(30)39/h27-35,44H,1,7-25H2,2-6H3,(H,42,45)/t27?,28?,29?,30-,31+,32-,33+,34?,35+,38-,39-,40-,41-/m0/s1. The number of likely N-dealkylation sites (tertiary alicyclic amines) is 1. The molecule has 4 heteroatoms. The van der Waals surface area contributed by atoms with E-state index in [1.807, 2.05) is 0 Å². The van der Waals surface area contributed by atoms with Crippen molar-refractivity contribution < 1.29 is 9.90 Å². The molecule has 1 amide bonds. The zero-order valence-electron chi connectivity index (χ0n) is 29.6. The molecule has 0 aromatic carbocycles. The van der Waals surface area contributed by atoms with Crippen molar-refractivity contribution in [3.63, 3.8) is 0 Å². The van der Waals surface area contributed by atoms with E-state index in [4.69, 9.17) is 0 Å². The number of nitrogens with one attached hydrogen (secondary N) is 1. The van der Waals surface area contributed by atoms with Gasteiger partial charge in [-0.3, -0.25) is 4.79 Å². The third-order valence-corrected chi connectivity index (χ3v) is 17.5. The minimum Gasteiger partial charge on any atom is -0.393 e. The van der Waals surface area contributed by atoms with E-state index >= 15 is 0 Å². The number of fused-ring (bicyclic) bond motifs is 4. The summed E-state index contributed by atoms with van der Waals surface area (Å²) in [5.41, 5.74) is 2.51. The minimum absolute atomic E-state index is 0.0231. The van der Waals surface area contributed by atoms with Crippen molar-refractivity contribution in [2.45, 2.75) is 149 Å². The van der Waals surface area contributed by atoms with Crippen LogP contribution in [0, 0.1) is 68.5 Å². The second-order valence-electron chi connectivity index (χ2n) is 19.7. The van der Waals surface area contributed by atoms with Crippen LogP contribution in [0.25, 0.3) is 0 Å². The predicted octanol–water partition coefficient (Wildman–Crippen LogP) is 8.39. The van der Waals surface area contributed by atoms with Gasteiger partial charge in [0, 0.05) is 19.1 Å². The molecule has 0 aromatic heterocycles. The molecule has 1 heterocycles. The summed E-state index contributed by atoms with van der Waals surface area (Å²) in [6.07, 6.45) is 19.8. The Balaban J connectivity index is 1.01. The lowest BCUT2D eigenvalue weighted by atomic mass is 9.40. The average molecular weight is 619 g/mol. The fourth-order valence-corrected chi connectivity index (χ4v) is 15.5. The Morgan fingerprint density at radius 1 is 0.911 bits per heavy atom. The van der Waals surface area contributed by atoms with E-state index in [0.717, 1.165) is 37.0 Å². The smallest absolute Gasteiger partial charge is 0.226 e. The highest BCUT2D eigenvalue weighted by Gasteiger charge is 2.82. The molecule has 8 aliphatic rings. The monoisotopic (exact) mass is 619 g/mol. The van der Waals surface area contributed by atoms with Gasteiger partial charge in [-0.15, -0.1) is 0 Å². The Kier molecular flexibility index (Phi) is 7.37. The molecule has 4 nitrogen and oxygen atoms in total. The molecule has 8 fully saturated rings. The first-order valence-electron chi connectivity index (χ1n) is 19.7. The van der Waals surface area contributed by atoms with E-state index in [1.165, 1.54) is 109 Å². The number of allylic oxidation sites excluding steroid dienone is 1. The Labute approximate surface area is 275 Å². The first-order chi connectivity index (χ1) is 21.4. The molecule has 0 bridgehead atoms. The molecule has 0 aromatic rings. The summed E-state index contributed by atoms with van der Waals surface area (Å²) in [5.74, 6) is 5.17. The predicted molar refractivity (Wildman–Crippen MR) is 182 cm³/mol. The number of carbonyl (C=O) groups is 1. The second-order valence-corrected chi connectivity index (χ2v) is 19.7. The number of hydrogen-bond donors (Lipinski definition) is 2. The van der Waals surface area contributed by atoms with Crippen molar-refractivity contribution in [1.82, 2.24) is 10.2 Å². The van der Waals surface area contributed by atoms with Gasteiger partial charge < -0.3 is 15.3 Å². The number of rotatable bonds is 5. The highest BCUT2D eigenvalue weighted by Crippen LogP contribution is 2.88. The van der Waals surface area contributed by atoms with Crippen LogP contribution in [-0.4, -0.2) is 47.7 Å². The molecule has 1 aliphatic heterocycles. The molecular weight excluding hydrogens is 552 g/mol. The van der Waals surface area contributed by atoms with Crippen molar-refractivity contribution in [3.8, 4) is 0 Å². The summed E-state index contributed by atoms with van der Waals surface area (Å²) in [7, 11) is 0.